The van der Waals surface area contributed by atoms with Crippen molar-refractivity contribution in [3.63, 3.8) is 0 Å². The largest absolute Gasteiger partial charge is 0.451 e. The predicted octanol–water partition coefficient (Wildman–Crippen LogP) is 2.34. The summed E-state index contributed by atoms with van der Waals surface area (Å²) in [5, 5.41) is 8.68. The second-order valence-electron chi connectivity index (χ2n) is 5.42. The van der Waals surface area contributed by atoms with Gasteiger partial charge in [0.1, 0.15) is 5.58 Å². The van der Waals surface area contributed by atoms with Crippen molar-refractivity contribution in [2.45, 2.75) is 13.0 Å². The number of nitrogens with zero attached hydrogens (tertiary/aromatic N) is 3. The number of fused-ring (bicyclic) bond motifs is 1. The van der Waals surface area contributed by atoms with Gasteiger partial charge < -0.3 is 18.5 Å². The third-order valence-electron chi connectivity index (χ3n) is 3.81. The molecule has 0 radical (unpaired) electrons. The number of rotatable bonds is 2. The highest BCUT2D eigenvalue weighted by atomic mass is 16.5. The van der Waals surface area contributed by atoms with Crippen molar-refractivity contribution in [3.05, 3.63) is 47.9 Å². The number of aromatic nitrogens is 2. The van der Waals surface area contributed by atoms with E-state index in [1.165, 1.54) is 0 Å². The van der Waals surface area contributed by atoms with Gasteiger partial charge >= 0.3 is 0 Å². The van der Waals surface area contributed by atoms with Crippen LogP contribution < -0.4 is 0 Å². The number of carbonyl (C=O) groups is 1. The first-order chi connectivity index (χ1) is 11.2. The number of hydrogen-bond acceptors (Lipinski definition) is 6. The number of carbonyl (C=O) groups excluding carboxylic acids is 1. The van der Waals surface area contributed by atoms with Crippen LogP contribution in [0.15, 0.2) is 39.2 Å². The van der Waals surface area contributed by atoms with E-state index < -0.39 is 6.10 Å². The highest BCUT2D eigenvalue weighted by molar-refractivity contribution is 5.96. The molecule has 4 rings (SSSR count). The summed E-state index contributed by atoms with van der Waals surface area (Å²) in [5.41, 5.74) is 0.702. The van der Waals surface area contributed by atoms with Crippen molar-refractivity contribution in [1.29, 1.82) is 0 Å². The second kappa shape index (κ2) is 5.51. The third-order valence-corrected chi connectivity index (χ3v) is 3.81. The first-order valence-corrected chi connectivity index (χ1v) is 7.40. The van der Waals surface area contributed by atoms with Gasteiger partial charge in [-0.1, -0.05) is 18.2 Å². The number of ether oxygens (including phenoxy) is 1. The lowest BCUT2D eigenvalue weighted by Gasteiger charge is -2.30. The van der Waals surface area contributed by atoms with Gasteiger partial charge in [-0.15, -0.1) is 10.2 Å². The van der Waals surface area contributed by atoms with Crippen molar-refractivity contribution in [2.75, 3.05) is 19.7 Å². The maximum absolute atomic E-state index is 12.7. The Morgan fingerprint density at radius 1 is 1.26 bits per heavy atom. The van der Waals surface area contributed by atoms with Gasteiger partial charge in [0.25, 0.3) is 5.91 Å². The van der Waals surface area contributed by atoms with Gasteiger partial charge in [-0.25, -0.2) is 0 Å². The van der Waals surface area contributed by atoms with Gasteiger partial charge in [0.05, 0.1) is 13.2 Å². The van der Waals surface area contributed by atoms with Crippen molar-refractivity contribution in [1.82, 2.24) is 15.1 Å². The van der Waals surface area contributed by atoms with Crippen molar-refractivity contribution < 1.29 is 18.4 Å². The Kier molecular flexibility index (Phi) is 3.34. The molecule has 0 saturated carbocycles. The zero-order chi connectivity index (χ0) is 15.8. The molecule has 0 bridgehead atoms. The van der Waals surface area contributed by atoms with E-state index in [0.29, 0.717) is 42.8 Å². The fourth-order valence-corrected chi connectivity index (χ4v) is 2.67. The molecule has 2 aromatic heterocycles. The molecule has 1 aliphatic heterocycles. The maximum atomic E-state index is 12.7. The zero-order valence-electron chi connectivity index (χ0n) is 12.6. The van der Waals surface area contributed by atoms with E-state index in [4.69, 9.17) is 13.6 Å². The van der Waals surface area contributed by atoms with Gasteiger partial charge in [-0.3, -0.25) is 4.79 Å². The molecule has 0 N–H and O–H groups in total. The van der Waals surface area contributed by atoms with Gasteiger partial charge in [-0.05, 0) is 12.1 Å². The molecular weight excluding hydrogens is 298 g/mol. The van der Waals surface area contributed by atoms with Crippen molar-refractivity contribution in [3.8, 4) is 0 Å². The number of morpholine rings is 1. The van der Waals surface area contributed by atoms with Gasteiger partial charge in [0.15, 0.2) is 11.9 Å². The highest BCUT2D eigenvalue weighted by Gasteiger charge is 2.30. The van der Waals surface area contributed by atoms with E-state index in [1.54, 1.807) is 17.9 Å². The lowest BCUT2D eigenvalue weighted by Crippen LogP contribution is -2.42. The van der Waals surface area contributed by atoms with Gasteiger partial charge in [0.2, 0.25) is 11.8 Å². The Balaban J connectivity index is 1.55. The van der Waals surface area contributed by atoms with E-state index in [0.717, 1.165) is 5.39 Å². The quantitative estimate of drug-likeness (QED) is 0.722. The van der Waals surface area contributed by atoms with Crippen molar-refractivity contribution in [2.24, 2.45) is 0 Å². The molecule has 3 aromatic rings. The Morgan fingerprint density at radius 3 is 2.91 bits per heavy atom. The summed E-state index contributed by atoms with van der Waals surface area (Å²) >= 11 is 0. The van der Waals surface area contributed by atoms with Crippen LogP contribution in [0.1, 0.15) is 28.4 Å². The fraction of sp³-hybridized carbons (Fsp3) is 0.312. The molecule has 0 unspecified atom stereocenters. The number of benzene rings is 1. The molecule has 1 amide bonds. The molecular formula is C16H15N3O4. The molecule has 0 spiro atoms. The molecule has 1 atom stereocenters. The normalized spacial score (nSPS) is 18.5. The van der Waals surface area contributed by atoms with Crippen LogP contribution in [0.3, 0.4) is 0 Å². The summed E-state index contributed by atoms with van der Waals surface area (Å²) in [5.74, 6) is 1.04. The molecule has 1 fully saturated rings. The van der Waals surface area contributed by atoms with Crippen LogP contribution >= 0.6 is 0 Å². The zero-order valence-corrected chi connectivity index (χ0v) is 12.6. The molecule has 0 aliphatic carbocycles. The molecule has 118 valence electrons. The Morgan fingerprint density at radius 2 is 2.13 bits per heavy atom. The van der Waals surface area contributed by atoms with Crippen LogP contribution in [0.25, 0.3) is 11.0 Å². The summed E-state index contributed by atoms with van der Waals surface area (Å²) < 4.78 is 16.7. The molecule has 7 heteroatoms. The number of para-hydroxylation sites is 1. The monoisotopic (exact) mass is 313 g/mol. The Bertz CT molecular complexity index is 821. The van der Waals surface area contributed by atoms with E-state index in [9.17, 15) is 4.79 Å². The van der Waals surface area contributed by atoms with E-state index in [1.807, 2.05) is 24.3 Å². The molecule has 7 nitrogen and oxygen atoms in total. The van der Waals surface area contributed by atoms with Crippen LogP contribution in [0.2, 0.25) is 0 Å². The average molecular weight is 313 g/mol. The number of hydrogen-bond donors (Lipinski definition) is 0. The van der Waals surface area contributed by atoms with Crippen LogP contribution in [-0.2, 0) is 4.74 Å². The van der Waals surface area contributed by atoms with Gasteiger partial charge in [0, 0.05) is 18.9 Å². The molecule has 1 saturated heterocycles. The lowest BCUT2D eigenvalue weighted by molar-refractivity contribution is -0.0356. The maximum Gasteiger partial charge on any atom is 0.289 e. The number of amides is 1. The smallest absolute Gasteiger partial charge is 0.289 e. The van der Waals surface area contributed by atoms with E-state index in [-0.39, 0.29) is 5.91 Å². The third kappa shape index (κ3) is 2.59. The first kappa shape index (κ1) is 14.0. The SMILES string of the molecule is Cc1nnc([C@H]2CN(C(=O)c3cc4ccccc4o3)CCO2)o1. The van der Waals surface area contributed by atoms with Crippen LogP contribution in [0.5, 0.6) is 0 Å². The minimum Gasteiger partial charge on any atom is -0.451 e. The summed E-state index contributed by atoms with van der Waals surface area (Å²) in [6.07, 6.45) is -0.404. The Labute approximate surface area is 131 Å². The number of furan rings is 1. The number of aryl methyl sites for hydroxylation is 1. The second-order valence-corrected chi connectivity index (χ2v) is 5.42. The topological polar surface area (TPSA) is 81.6 Å². The molecule has 1 aromatic carbocycles. The van der Waals surface area contributed by atoms with Crippen LogP contribution in [-0.4, -0.2) is 40.7 Å². The minimum atomic E-state index is -0.404. The Hall–Kier alpha value is -2.67. The van der Waals surface area contributed by atoms with Crippen molar-refractivity contribution >= 4 is 16.9 Å². The van der Waals surface area contributed by atoms with E-state index in [2.05, 4.69) is 10.2 Å². The lowest BCUT2D eigenvalue weighted by atomic mass is 10.2. The summed E-state index contributed by atoms with van der Waals surface area (Å²) in [6, 6.07) is 9.31. The first-order valence-electron chi connectivity index (χ1n) is 7.40. The predicted molar refractivity (Wildman–Crippen MR) is 79.8 cm³/mol. The summed E-state index contributed by atoms with van der Waals surface area (Å²) in [4.78, 5) is 14.3. The molecule has 1 aliphatic rings. The fourth-order valence-electron chi connectivity index (χ4n) is 2.67. The van der Waals surface area contributed by atoms with Crippen LogP contribution in [0.4, 0.5) is 0 Å². The molecule has 3 heterocycles. The summed E-state index contributed by atoms with van der Waals surface area (Å²) in [6.45, 7) is 2.99. The summed E-state index contributed by atoms with van der Waals surface area (Å²) in [7, 11) is 0. The van der Waals surface area contributed by atoms with E-state index >= 15 is 0 Å². The average Bonchev–Trinajstić information content (AvgIpc) is 3.20. The molecule has 23 heavy (non-hydrogen) atoms. The highest BCUT2D eigenvalue weighted by Crippen LogP contribution is 2.24. The van der Waals surface area contributed by atoms with Gasteiger partial charge in [-0.2, -0.15) is 0 Å². The minimum absolute atomic E-state index is 0.161. The van der Waals surface area contributed by atoms with Crippen LogP contribution in [0, 0.1) is 6.92 Å². The standard InChI is InChI=1S/C16H15N3O4/c1-10-17-18-15(22-10)14-9-19(6-7-21-14)16(20)13-8-11-4-2-3-5-12(11)23-13/h2-5,8,14H,6-7,9H2,1H3/t14-/m1/s1.